The predicted octanol–water partition coefficient (Wildman–Crippen LogP) is 3.91. The van der Waals surface area contributed by atoms with Gasteiger partial charge in [0.2, 0.25) is 5.91 Å². The van der Waals surface area contributed by atoms with Crippen molar-refractivity contribution < 1.29 is 25.2 Å². The highest BCUT2D eigenvalue weighted by atomic mass is 16.5. The van der Waals surface area contributed by atoms with Crippen molar-refractivity contribution in [3.8, 4) is 0 Å². The summed E-state index contributed by atoms with van der Waals surface area (Å²) < 4.78 is 16.0. The third kappa shape index (κ3) is 7.45. The van der Waals surface area contributed by atoms with Crippen LogP contribution in [0.5, 0.6) is 0 Å². The highest BCUT2D eigenvalue weighted by Crippen LogP contribution is 2.53. The number of hydrogen-bond acceptors (Lipinski definition) is 5. The molecule has 166 valence electrons. The molecule has 0 heterocycles. The largest absolute Gasteiger partial charge is 0.379 e. The third-order valence-corrected chi connectivity index (χ3v) is 5.99. The molecule has 0 aromatic heterocycles. The lowest BCUT2D eigenvalue weighted by atomic mass is 9.55. The van der Waals surface area contributed by atoms with Crippen molar-refractivity contribution >= 4 is 11.7 Å². The van der Waals surface area contributed by atoms with Crippen molar-refractivity contribution in [2.24, 2.45) is 5.41 Å². The van der Waals surface area contributed by atoms with Crippen molar-refractivity contribution in [1.29, 1.82) is 0 Å². The zero-order valence-corrected chi connectivity index (χ0v) is 18.4. The average Bonchev–Trinajstić information content (AvgIpc) is 2.74. The van der Waals surface area contributed by atoms with Crippen molar-refractivity contribution in [1.82, 2.24) is 5.32 Å². The summed E-state index contributed by atoms with van der Waals surface area (Å²) in [5, 5.41) is 3.24. The van der Waals surface area contributed by atoms with Crippen molar-refractivity contribution in [3.05, 3.63) is 0 Å². The molecule has 1 amide bonds. The Kier molecular flexibility index (Phi) is 11.9. The molecule has 0 aromatic carbocycles. The molecular formula is C22H43NO5. The maximum absolute atomic E-state index is 12.3. The van der Waals surface area contributed by atoms with Gasteiger partial charge >= 0.3 is 0 Å². The maximum Gasteiger partial charge on any atom is 0.222 e. The third-order valence-electron chi connectivity index (χ3n) is 5.99. The Balaban J connectivity index is 0.00000253. The Labute approximate surface area is 172 Å². The summed E-state index contributed by atoms with van der Waals surface area (Å²) in [5.41, 5.74) is -0.179. The fourth-order valence-corrected chi connectivity index (χ4v) is 4.27. The number of fused-ring (bicyclic) bond motifs is 3. The van der Waals surface area contributed by atoms with Gasteiger partial charge in [-0.25, -0.2) is 0 Å². The van der Waals surface area contributed by atoms with Crippen LogP contribution in [0.3, 0.4) is 0 Å². The Hall–Kier alpha value is -0.980. The molecule has 3 aliphatic carbocycles. The van der Waals surface area contributed by atoms with Gasteiger partial charge in [0.15, 0.2) is 0 Å². The summed E-state index contributed by atoms with van der Waals surface area (Å²) in [6, 6.07) is 0. The van der Waals surface area contributed by atoms with Crippen LogP contribution in [0.15, 0.2) is 0 Å². The zero-order chi connectivity index (χ0) is 20.9. The van der Waals surface area contributed by atoms with E-state index in [-0.39, 0.29) is 18.3 Å². The Bertz CT molecular complexity index is 448. The quantitative estimate of drug-likeness (QED) is 0.474. The van der Waals surface area contributed by atoms with E-state index in [9.17, 15) is 9.59 Å². The van der Waals surface area contributed by atoms with E-state index in [1.54, 1.807) is 0 Å². The molecule has 3 aliphatic rings. The van der Waals surface area contributed by atoms with Gasteiger partial charge in [-0.05, 0) is 45.4 Å². The minimum Gasteiger partial charge on any atom is -0.379 e. The minimum atomic E-state index is -0.0908. The predicted molar refractivity (Wildman–Crippen MR) is 113 cm³/mol. The van der Waals surface area contributed by atoms with Gasteiger partial charge in [0.1, 0.15) is 5.78 Å². The van der Waals surface area contributed by atoms with Crippen LogP contribution < -0.4 is 5.32 Å². The molecule has 1 N–H and O–H groups in total. The van der Waals surface area contributed by atoms with E-state index >= 15 is 0 Å². The number of amides is 1. The number of nitrogens with one attached hydrogen (secondary N) is 1. The molecule has 0 saturated heterocycles. The van der Waals surface area contributed by atoms with Gasteiger partial charge in [-0.2, -0.15) is 0 Å². The SMILES string of the molecule is CC.CCOCCOCCOCCC(=O)NC12CCC(C(=O)CC)(CC1)CC2.[HH]. The van der Waals surface area contributed by atoms with E-state index in [4.69, 9.17) is 14.2 Å². The van der Waals surface area contributed by atoms with Crippen LogP contribution in [0.25, 0.3) is 0 Å². The van der Waals surface area contributed by atoms with Gasteiger partial charge < -0.3 is 19.5 Å². The molecule has 3 rings (SSSR count). The van der Waals surface area contributed by atoms with Gasteiger partial charge in [0.05, 0.1) is 33.0 Å². The summed E-state index contributed by atoms with van der Waals surface area (Å²) in [4.78, 5) is 24.5. The lowest BCUT2D eigenvalue weighted by Gasteiger charge is -2.52. The van der Waals surface area contributed by atoms with E-state index < -0.39 is 0 Å². The van der Waals surface area contributed by atoms with Crippen LogP contribution in [0, 0.1) is 5.41 Å². The molecule has 3 fully saturated rings. The van der Waals surface area contributed by atoms with Crippen LogP contribution in [0.4, 0.5) is 0 Å². The number of hydrogen-bond donors (Lipinski definition) is 1. The second kappa shape index (κ2) is 13.3. The van der Waals surface area contributed by atoms with Crippen LogP contribution in [-0.2, 0) is 23.8 Å². The molecule has 0 spiro atoms. The van der Waals surface area contributed by atoms with Crippen LogP contribution in [-0.4, -0.2) is 56.9 Å². The Morgan fingerprint density at radius 3 is 1.82 bits per heavy atom. The Morgan fingerprint density at radius 2 is 1.32 bits per heavy atom. The summed E-state index contributed by atoms with van der Waals surface area (Å²) in [6.07, 6.45) is 6.57. The van der Waals surface area contributed by atoms with E-state index in [2.05, 4.69) is 5.32 Å². The highest BCUT2D eigenvalue weighted by Gasteiger charge is 2.51. The number of ether oxygens (including phenoxy) is 3. The van der Waals surface area contributed by atoms with Crippen LogP contribution in [0.1, 0.15) is 80.5 Å². The molecule has 28 heavy (non-hydrogen) atoms. The number of carbonyl (C=O) groups excluding carboxylic acids is 2. The number of carbonyl (C=O) groups is 2. The number of rotatable bonds is 13. The molecule has 0 aromatic rings. The van der Waals surface area contributed by atoms with E-state index in [0.717, 1.165) is 38.5 Å². The first kappa shape index (κ1) is 25.1. The smallest absolute Gasteiger partial charge is 0.222 e. The Morgan fingerprint density at radius 1 is 0.821 bits per heavy atom. The normalized spacial score (nSPS) is 25.7. The summed E-state index contributed by atoms with van der Waals surface area (Å²) in [7, 11) is 0. The molecule has 0 radical (unpaired) electrons. The van der Waals surface area contributed by atoms with Crippen molar-refractivity contribution in [2.45, 2.75) is 84.6 Å². The summed E-state index contributed by atoms with van der Waals surface area (Å²) >= 11 is 0. The molecule has 6 heteroatoms. The minimum absolute atomic E-state index is 0. The average molecular weight is 402 g/mol. The fraction of sp³-hybridized carbons (Fsp3) is 0.909. The first-order valence-corrected chi connectivity index (χ1v) is 11.1. The molecule has 0 aliphatic heterocycles. The fourth-order valence-electron chi connectivity index (χ4n) is 4.27. The zero-order valence-electron chi connectivity index (χ0n) is 18.4. The first-order valence-electron chi connectivity index (χ1n) is 11.1. The summed E-state index contributed by atoms with van der Waals surface area (Å²) in [5.74, 6) is 0.465. The lowest BCUT2D eigenvalue weighted by molar-refractivity contribution is -0.137. The van der Waals surface area contributed by atoms with Gasteiger partial charge in [0.25, 0.3) is 0 Å². The molecule has 3 saturated carbocycles. The first-order chi connectivity index (χ1) is 13.6. The monoisotopic (exact) mass is 401 g/mol. The van der Waals surface area contributed by atoms with Gasteiger partial charge in [0, 0.05) is 31.8 Å². The van der Waals surface area contributed by atoms with Crippen LogP contribution in [0.2, 0.25) is 0 Å². The molecule has 0 unspecified atom stereocenters. The molecular weight excluding hydrogens is 358 g/mol. The topological polar surface area (TPSA) is 73.9 Å². The summed E-state index contributed by atoms with van der Waals surface area (Å²) in [6.45, 7) is 11.2. The van der Waals surface area contributed by atoms with E-state index in [0.29, 0.717) is 58.3 Å². The maximum atomic E-state index is 12.3. The van der Waals surface area contributed by atoms with E-state index in [1.807, 2.05) is 27.7 Å². The highest BCUT2D eigenvalue weighted by molar-refractivity contribution is 5.85. The lowest BCUT2D eigenvalue weighted by Crippen LogP contribution is -2.58. The standard InChI is InChI=1S/C20H35NO5.C2H6.H2/c1-3-17(22)19-6-9-20(10-7-19,11-8-19)21-18(23)5-12-25-15-16-26-14-13-24-4-2;1-2;/h3-16H2,1-2H3,(H,21,23);1-2H3;1H. The molecule has 6 nitrogen and oxygen atoms in total. The molecule has 0 atom stereocenters. The van der Waals surface area contributed by atoms with Crippen molar-refractivity contribution in [3.63, 3.8) is 0 Å². The van der Waals surface area contributed by atoms with Gasteiger partial charge in [-0.1, -0.05) is 20.8 Å². The van der Waals surface area contributed by atoms with Crippen molar-refractivity contribution in [2.75, 3.05) is 39.6 Å². The number of Topliss-reactive ketones (excluding diaryl/α,β-unsaturated/α-hetero) is 1. The molecule has 2 bridgehead atoms. The van der Waals surface area contributed by atoms with Crippen LogP contribution >= 0.6 is 0 Å². The second-order valence-corrected chi connectivity index (χ2v) is 7.56. The van der Waals surface area contributed by atoms with Gasteiger partial charge in [-0.15, -0.1) is 0 Å². The van der Waals surface area contributed by atoms with Gasteiger partial charge in [-0.3, -0.25) is 9.59 Å². The second-order valence-electron chi connectivity index (χ2n) is 7.56. The van der Waals surface area contributed by atoms with E-state index in [1.165, 1.54) is 0 Å². The number of ketones is 1.